The van der Waals surface area contributed by atoms with Crippen LogP contribution in [-0.4, -0.2) is 13.2 Å². The van der Waals surface area contributed by atoms with Crippen LogP contribution < -0.4 is 10.1 Å². The zero-order valence-electron chi connectivity index (χ0n) is 13.0. The lowest BCUT2D eigenvalue weighted by Crippen LogP contribution is -2.21. The van der Waals surface area contributed by atoms with Gasteiger partial charge in [0.15, 0.2) is 0 Å². The molecular weight excluding hydrogens is 265 g/mol. The number of aryl methyl sites for hydroxylation is 1. The summed E-state index contributed by atoms with van der Waals surface area (Å²) in [7, 11) is 1.60. The van der Waals surface area contributed by atoms with Crippen molar-refractivity contribution in [2.24, 2.45) is 0 Å². The van der Waals surface area contributed by atoms with Gasteiger partial charge in [-0.15, -0.1) is 0 Å². The fourth-order valence-electron chi connectivity index (χ4n) is 2.35. The molecule has 3 heteroatoms. The molecular formula is C18H22FNO. The third-order valence-electron chi connectivity index (χ3n) is 3.46. The van der Waals surface area contributed by atoms with Gasteiger partial charge in [0.2, 0.25) is 0 Å². The lowest BCUT2D eigenvalue weighted by Gasteiger charge is -2.14. The fourth-order valence-corrected chi connectivity index (χ4v) is 2.35. The Morgan fingerprint density at radius 3 is 2.48 bits per heavy atom. The van der Waals surface area contributed by atoms with Crippen molar-refractivity contribution in [1.82, 2.24) is 5.32 Å². The third-order valence-corrected chi connectivity index (χ3v) is 3.46. The number of methoxy groups -OCH3 is 1. The summed E-state index contributed by atoms with van der Waals surface area (Å²) in [4.78, 5) is 0. The molecule has 21 heavy (non-hydrogen) atoms. The van der Waals surface area contributed by atoms with E-state index in [0.29, 0.717) is 11.8 Å². The molecule has 0 aromatic heterocycles. The molecule has 2 aromatic rings. The van der Waals surface area contributed by atoms with E-state index < -0.39 is 0 Å². The maximum Gasteiger partial charge on any atom is 0.126 e. The predicted molar refractivity (Wildman–Crippen MR) is 85.1 cm³/mol. The van der Waals surface area contributed by atoms with Gasteiger partial charge in [-0.2, -0.15) is 0 Å². The smallest absolute Gasteiger partial charge is 0.126 e. The van der Waals surface area contributed by atoms with Crippen LogP contribution in [0.2, 0.25) is 0 Å². The quantitative estimate of drug-likeness (QED) is 0.885. The Balaban J connectivity index is 2.35. The van der Waals surface area contributed by atoms with Crippen LogP contribution in [0.1, 0.15) is 25.0 Å². The zero-order valence-corrected chi connectivity index (χ0v) is 13.0. The maximum atomic E-state index is 13.5. The van der Waals surface area contributed by atoms with E-state index in [1.807, 2.05) is 13.0 Å². The van der Waals surface area contributed by atoms with Crippen LogP contribution in [0.15, 0.2) is 36.4 Å². The Hall–Kier alpha value is -1.87. The third kappa shape index (κ3) is 3.82. The minimum atomic E-state index is -0.254. The number of ether oxygens (including phenoxy) is 1. The summed E-state index contributed by atoms with van der Waals surface area (Å²) < 4.78 is 18.9. The lowest BCUT2D eigenvalue weighted by molar-refractivity contribution is 0.415. The highest BCUT2D eigenvalue weighted by molar-refractivity contribution is 5.73. The molecule has 0 saturated carbocycles. The van der Waals surface area contributed by atoms with Crippen LogP contribution in [0.5, 0.6) is 5.75 Å². The summed E-state index contributed by atoms with van der Waals surface area (Å²) in [6, 6.07) is 11.3. The first kappa shape index (κ1) is 15.5. The van der Waals surface area contributed by atoms with Gasteiger partial charge in [0, 0.05) is 18.2 Å². The van der Waals surface area contributed by atoms with Crippen LogP contribution in [-0.2, 0) is 6.54 Å². The molecule has 2 nitrogen and oxygen atoms in total. The first-order chi connectivity index (χ1) is 10.0. The highest BCUT2D eigenvalue weighted by atomic mass is 19.1. The van der Waals surface area contributed by atoms with Gasteiger partial charge in [-0.25, -0.2) is 4.39 Å². The minimum Gasteiger partial charge on any atom is -0.496 e. The molecule has 0 spiro atoms. The second-order valence-electron chi connectivity index (χ2n) is 5.53. The largest absolute Gasteiger partial charge is 0.496 e. The van der Waals surface area contributed by atoms with E-state index in [-0.39, 0.29) is 5.82 Å². The van der Waals surface area contributed by atoms with Gasteiger partial charge in [-0.3, -0.25) is 0 Å². The molecule has 0 amide bonds. The Morgan fingerprint density at radius 1 is 1.10 bits per heavy atom. The van der Waals surface area contributed by atoms with Crippen molar-refractivity contribution < 1.29 is 9.13 Å². The Labute approximate surface area is 126 Å². The highest BCUT2D eigenvalue weighted by Crippen LogP contribution is 2.33. The summed E-state index contributed by atoms with van der Waals surface area (Å²) in [5.41, 5.74) is 4.13. The van der Waals surface area contributed by atoms with Gasteiger partial charge >= 0.3 is 0 Å². The van der Waals surface area contributed by atoms with Crippen LogP contribution in [0, 0.1) is 12.7 Å². The van der Waals surface area contributed by atoms with Gasteiger partial charge in [-0.05, 0) is 41.8 Å². The summed E-state index contributed by atoms with van der Waals surface area (Å²) in [6.07, 6.45) is 0. The average molecular weight is 287 g/mol. The minimum absolute atomic E-state index is 0.254. The van der Waals surface area contributed by atoms with Gasteiger partial charge in [0.1, 0.15) is 11.6 Å². The van der Waals surface area contributed by atoms with Crippen molar-refractivity contribution in [3.63, 3.8) is 0 Å². The molecule has 0 fully saturated rings. The van der Waals surface area contributed by atoms with E-state index in [1.165, 1.54) is 17.7 Å². The molecule has 0 heterocycles. The van der Waals surface area contributed by atoms with Crippen LogP contribution in [0.25, 0.3) is 11.1 Å². The van der Waals surface area contributed by atoms with Crippen molar-refractivity contribution >= 4 is 0 Å². The lowest BCUT2D eigenvalue weighted by atomic mass is 9.97. The number of hydrogen-bond donors (Lipinski definition) is 1. The van der Waals surface area contributed by atoms with E-state index in [0.717, 1.165) is 23.2 Å². The normalized spacial score (nSPS) is 11.0. The maximum absolute atomic E-state index is 13.5. The number of rotatable bonds is 5. The second kappa shape index (κ2) is 6.72. The molecule has 0 saturated heterocycles. The number of benzene rings is 2. The second-order valence-corrected chi connectivity index (χ2v) is 5.53. The molecule has 0 aliphatic carbocycles. The molecule has 2 rings (SSSR count). The first-order valence-corrected chi connectivity index (χ1v) is 7.18. The van der Waals surface area contributed by atoms with Crippen LogP contribution >= 0.6 is 0 Å². The predicted octanol–water partition coefficient (Wildman–Crippen LogP) is 4.31. The van der Waals surface area contributed by atoms with Crippen molar-refractivity contribution in [3.05, 3.63) is 53.3 Å². The van der Waals surface area contributed by atoms with Gasteiger partial charge in [0.05, 0.1) is 7.11 Å². The molecule has 2 aromatic carbocycles. The summed E-state index contributed by atoms with van der Waals surface area (Å²) in [5.74, 6) is 0.434. The van der Waals surface area contributed by atoms with E-state index in [4.69, 9.17) is 4.74 Å². The monoisotopic (exact) mass is 287 g/mol. The SMILES string of the molecule is COc1ccc(F)cc1-c1ccc(CNC(C)C)cc1C. The molecule has 1 N–H and O–H groups in total. The van der Waals surface area contributed by atoms with E-state index in [9.17, 15) is 4.39 Å². The van der Waals surface area contributed by atoms with Crippen molar-refractivity contribution in [3.8, 4) is 16.9 Å². The summed E-state index contributed by atoms with van der Waals surface area (Å²) in [5, 5.41) is 3.40. The Bertz CT molecular complexity index is 623. The number of nitrogens with one attached hydrogen (secondary N) is 1. The van der Waals surface area contributed by atoms with Gasteiger partial charge in [-0.1, -0.05) is 32.0 Å². The Morgan fingerprint density at radius 2 is 1.86 bits per heavy atom. The summed E-state index contributed by atoms with van der Waals surface area (Å²) in [6.45, 7) is 7.12. The highest BCUT2D eigenvalue weighted by Gasteiger charge is 2.10. The molecule has 0 atom stereocenters. The number of hydrogen-bond acceptors (Lipinski definition) is 2. The fraction of sp³-hybridized carbons (Fsp3) is 0.333. The van der Waals surface area contributed by atoms with Crippen molar-refractivity contribution in [2.45, 2.75) is 33.4 Å². The van der Waals surface area contributed by atoms with Crippen LogP contribution in [0.3, 0.4) is 0 Å². The molecule has 0 aliphatic rings. The van der Waals surface area contributed by atoms with Gasteiger partial charge in [0.25, 0.3) is 0 Å². The first-order valence-electron chi connectivity index (χ1n) is 7.18. The Kier molecular flexibility index (Phi) is 4.97. The van der Waals surface area contributed by atoms with Crippen molar-refractivity contribution in [2.75, 3.05) is 7.11 Å². The molecule has 0 bridgehead atoms. The van der Waals surface area contributed by atoms with Crippen molar-refractivity contribution in [1.29, 1.82) is 0 Å². The topological polar surface area (TPSA) is 21.3 Å². The van der Waals surface area contributed by atoms with Crippen LogP contribution in [0.4, 0.5) is 4.39 Å². The summed E-state index contributed by atoms with van der Waals surface area (Å²) >= 11 is 0. The molecule has 0 aliphatic heterocycles. The standard InChI is InChI=1S/C18H22FNO/c1-12(2)20-11-14-5-7-16(13(3)9-14)17-10-15(19)6-8-18(17)21-4/h5-10,12,20H,11H2,1-4H3. The van der Waals surface area contributed by atoms with Gasteiger partial charge < -0.3 is 10.1 Å². The number of halogens is 1. The molecule has 112 valence electrons. The van der Waals surface area contributed by atoms with E-state index >= 15 is 0 Å². The van der Waals surface area contributed by atoms with E-state index in [1.54, 1.807) is 13.2 Å². The molecule has 0 unspecified atom stereocenters. The average Bonchev–Trinajstić information content (AvgIpc) is 2.45. The zero-order chi connectivity index (χ0) is 15.4. The molecule has 0 radical (unpaired) electrons. The van der Waals surface area contributed by atoms with E-state index in [2.05, 4.69) is 31.3 Å².